The topological polar surface area (TPSA) is 95.1 Å². The highest BCUT2D eigenvalue weighted by atomic mass is 16.7. The first-order chi connectivity index (χ1) is 13.9. The Bertz CT molecular complexity index is 890. The van der Waals surface area contributed by atoms with Crippen LogP contribution in [0.5, 0.6) is 23.0 Å². The Kier molecular flexibility index (Phi) is 6.11. The Morgan fingerprint density at radius 2 is 1.62 bits per heavy atom. The number of hydrogen-bond donors (Lipinski definition) is 2. The van der Waals surface area contributed by atoms with Crippen LogP contribution in [0.4, 0.5) is 5.69 Å². The van der Waals surface area contributed by atoms with E-state index in [0.717, 1.165) is 0 Å². The maximum absolute atomic E-state index is 12.8. The molecule has 2 amide bonds. The van der Waals surface area contributed by atoms with Crippen LogP contribution < -0.4 is 29.6 Å². The van der Waals surface area contributed by atoms with Crippen LogP contribution in [0.2, 0.25) is 0 Å². The second-order valence-electron chi connectivity index (χ2n) is 6.85. The summed E-state index contributed by atoms with van der Waals surface area (Å²) in [6.45, 7) is 3.87. The zero-order valence-electron chi connectivity index (χ0n) is 16.8. The third-order valence-electron chi connectivity index (χ3n) is 4.49. The van der Waals surface area contributed by atoms with Crippen molar-refractivity contribution in [3.8, 4) is 23.0 Å². The summed E-state index contributed by atoms with van der Waals surface area (Å²) in [6.07, 6.45) is 0. The molecule has 0 aromatic heterocycles. The van der Waals surface area contributed by atoms with E-state index in [2.05, 4.69) is 10.6 Å². The number of methoxy groups -OCH3 is 2. The van der Waals surface area contributed by atoms with E-state index in [1.807, 2.05) is 13.8 Å². The quantitative estimate of drug-likeness (QED) is 0.742. The maximum Gasteiger partial charge on any atom is 0.252 e. The zero-order valence-corrected chi connectivity index (χ0v) is 16.8. The summed E-state index contributed by atoms with van der Waals surface area (Å²) >= 11 is 0. The van der Waals surface area contributed by atoms with E-state index in [0.29, 0.717) is 34.2 Å². The first-order valence-electron chi connectivity index (χ1n) is 9.15. The van der Waals surface area contributed by atoms with Gasteiger partial charge in [0.25, 0.3) is 5.91 Å². The third-order valence-corrected chi connectivity index (χ3v) is 4.49. The van der Waals surface area contributed by atoms with Gasteiger partial charge in [-0.05, 0) is 30.2 Å². The standard InChI is InChI=1S/C21H24N2O6/c1-12(2)19(21(25)22-14-5-6-17-18(9-14)29-11-28-17)23-20(24)13-7-15(26-3)10-16(8-13)27-4/h5-10,12,19H,11H2,1-4H3,(H,22,25)(H,23,24)/t19-/m1/s1. The lowest BCUT2D eigenvalue weighted by Gasteiger charge is -2.22. The number of anilines is 1. The molecule has 0 saturated carbocycles. The summed E-state index contributed by atoms with van der Waals surface area (Å²) in [4.78, 5) is 25.6. The van der Waals surface area contributed by atoms with Crippen LogP contribution >= 0.6 is 0 Å². The van der Waals surface area contributed by atoms with Crippen molar-refractivity contribution < 1.29 is 28.5 Å². The van der Waals surface area contributed by atoms with E-state index in [4.69, 9.17) is 18.9 Å². The molecule has 1 aliphatic rings. The second-order valence-corrected chi connectivity index (χ2v) is 6.85. The van der Waals surface area contributed by atoms with Gasteiger partial charge in [0.15, 0.2) is 11.5 Å². The van der Waals surface area contributed by atoms with Crippen molar-refractivity contribution in [2.45, 2.75) is 19.9 Å². The average molecular weight is 400 g/mol. The van der Waals surface area contributed by atoms with Crippen LogP contribution in [0, 0.1) is 5.92 Å². The lowest BCUT2D eigenvalue weighted by atomic mass is 10.0. The molecule has 0 fully saturated rings. The number of hydrogen-bond acceptors (Lipinski definition) is 6. The smallest absolute Gasteiger partial charge is 0.252 e. The number of ether oxygens (including phenoxy) is 4. The van der Waals surface area contributed by atoms with Gasteiger partial charge in [0.05, 0.1) is 14.2 Å². The summed E-state index contributed by atoms with van der Waals surface area (Å²) in [5.41, 5.74) is 0.893. The predicted molar refractivity (Wildman–Crippen MR) is 107 cm³/mol. The van der Waals surface area contributed by atoms with Crippen LogP contribution in [0.25, 0.3) is 0 Å². The Hall–Kier alpha value is -3.42. The second kappa shape index (κ2) is 8.72. The molecule has 0 saturated heterocycles. The lowest BCUT2D eigenvalue weighted by Crippen LogP contribution is -2.47. The van der Waals surface area contributed by atoms with Crippen LogP contribution in [0.3, 0.4) is 0 Å². The normalized spacial score (nSPS) is 13.0. The lowest BCUT2D eigenvalue weighted by molar-refractivity contribution is -0.118. The number of rotatable bonds is 7. The molecule has 2 aromatic carbocycles. The van der Waals surface area contributed by atoms with Crippen LogP contribution in [-0.4, -0.2) is 38.9 Å². The highest BCUT2D eigenvalue weighted by Crippen LogP contribution is 2.34. The van der Waals surface area contributed by atoms with Crippen LogP contribution in [-0.2, 0) is 4.79 Å². The monoisotopic (exact) mass is 400 g/mol. The summed E-state index contributed by atoms with van der Waals surface area (Å²) < 4.78 is 21.0. The van der Waals surface area contributed by atoms with Gasteiger partial charge < -0.3 is 29.6 Å². The molecule has 2 N–H and O–H groups in total. The summed E-state index contributed by atoms with van der Waals surface area (Å²) in [7, 11) is 3.01. The fraction of sp³-hybridized carbons (Fsp3) is 0.333. The van der Waals surface area contributed by atoms with Crippen molar-refractivity contribution in [2.24, 2.45) is 5.92 Å². The summed E-state index contributed by atoms with van der Waals surface area (Å²) in [6, 6.07) is 9.23. The van der Waals surface area contributed by atoms with Crippen LogP contribution in [0.15, 0.2) is 36.4 Å². The first kappa shape index (κ1) is 20.3. The SMILES string of the molecule is COc1cc(OC)cc(C(=O)N[C@@H](C(=O)Nc2ccc3c(c2)OCO3)C(C)C)c1. The fourth-order valence-electron chi connectivity index (χ4n) is 2.89. The van der Waals surface area contributed by atoms with E-state index in [-0.39, 0.29) is 18.6 Å². The molecule has 0 bridgehead atoms. The molecule has 0 spiro atoms. The molecule has 2 aromatic rings. The van der Waals surface area contributed by atoms with Gasteiger partial charge in [-0.15, -0.1) is 0 Å². The van der Waals surface area contributed by atoms with E-state index >= 15 is 0 Å². The minimum absolute atomic E-state index is 0.138. The maximum atomic E-state index is 12.8. The van der Waals surface area contributed by atoms with Crippen molar-refractivity contribution in [3.05, 3.63) is 42.0 Å². The van der Waals surface area contributed by atoms with Gasteiger partial charge in [0.1, 0.15) is 17.5 Å². The van der Waals surface area contributed by atoms with Gasteiger partial charge >= 0.3 is 0 Å². The first-order valence-corrected chi connectivity index (χ1v) is 9.15. The number of benzene rings is 2. The molecule has 154 valence electrons. The Morgan fingerprint density at radius 1 is 0.966 bits per heavy atom. The van der Waals surface area contributed by atoms with Gasteiger partial charge in [0.2, 0.25) is 12.7 Å². The summed E-state index contributed by atoms with van der Waals surface area (Å²) in [5.74, 6) is 1.30. The number of fused-ring (bicyclic) bond motifs is 1. The molecule has 1 aliphatic heterocycles. The molecular formula is C21H24N2O6. The van der Waals surface area contributed by atoms with Gasteiger partial charge in [-0.25, -0.2) is 0 Å². The summed E-state index contributed by atoms with van der Waals surface area (Å²) in [5, 5.41) is 5.61. The number of nitrogens with one attached hydrogen (secondary N) is 2. The molecule has 1 heterocycles. The molecular weight excluding hydrogens is 376 g/mol. The van der Waals surface area contributed by atoms with Crippen LogP contribution in [0.1, 0.15) is 24.2 Å². The highest BCUT2D eigenvalue weighted by molar-refractivity contribution is 6.01. The Labute approximate surface area is 169 Å². The third kappa shape index (κ3) is 4.71. The number of carbonyl (C=O) groups is 2. The number of carbonyl (C=O) groups excluding carboxylic acids is 2. The molecule has 0 unspecified atom stereocenters. The van der Waals surface area contributed by atoms with Gasteiger partial charge in [-0.2, -0.15) is 0 Å². The van der Waals surface area contributed by atoms with E-state index in [1.165, 1.54) is 14.2 Å². The molecule has 8 heteroatoms. The van der Waals surface area contributed by atoms with Gasteiger partial charge in [-0.3, -0.25) is 9.59 Å². The molecule has 3 rings (SSSR count). The predicted octanol–water partition coefficient (Wildman–Crippen LogP) is 2.83. The largest absolute Gasteiger partial charge is 0.497 e. The van der Waals surface area contributed by atoms with Crippen molar-refractivity contribution in [1.29, 1.82) is 0 Å². The van der Waals surface area contributed by atoms with Crippen molar-refractivity contribution in [2.75, 3.05) is 26.3 Å². The van der Waals surface area contributed by atoms with Crippen molar-refractivity contribution >= 4 is 17.5 Å². The minimum atomic E-state index is -0.745. The highest BCUT2D eigenvalue weighted by Gasteiger charge is 2.26. The Morgan fingerprint density at radius 3 is 2.24 bits per heavy atom. The molecule has 8 nitrogen and oxygen atoms in total. The molecule has 0 radical (unpaired) electrons. The van der Waals surface area contributed by atoms with Gasteiger partial charge in [0, 0.05) is 23.4 Å². The van der Waals surface area contributed by atoms with Crippen molar-refractivity contribution in [3.63, 3.8) is 0 Å². The zero-order chi connectivity index (χ0) is 21.0. The van der Waals surface area contributed by atoms with E-state index < -0.39 is 11.9 Å². The fourth-order valence-corrected chi connectivity index (χ4v) is 2.89. The number of amides is 2. The molecule has 1 atom stereocenters. The van der Waals surface area contributed by atoms with E-state index in [1.54, 1.807) is 36.4 Å². The van der Waals surface area contributed by atoms with E-state index in [9.17, 15) is 9.59 Å². The van der Waals surface area contributed by atoms with Gasteiger partial charge in [-0.1, -0.05) is 13.8 Å². The minimum Gasteiger partial charge on any atom is -0.497 e. The average Bonchev–Trinajstić information content (AvgIpc) is 3.18. The van der Waals surface area contributed by atoms with Crippen molar-refractivity contribution in [1.82, 2.24) is 5.32 Å². The molecule has 29 heavy (non-hydrogen) atoms. The molecule has 0 aliphatic carbocycles. The Balaban J connectivity index is 1.74.